The molecule has 0 amide bonds. The van der Waals surface area contributed by atoms with Crippen molar-refractivity contribution in [3.05, 3.63) is 11.4 Å². The number of hydrogen-bond donors (Lipinski definition) is 1. The van der Waals surface area contributed by atoms with Gasteiger partial charge in [0.25, 0.3) is 0 Å². The molecule has 3 rings (SSSR count). The topological polar surface area (TPSA) is 67.2 Å². The standard InChI is InChI=1S/C13H22N4O2S/c1-9-13(10(2)16(3)15-9)20(18,19)17-7-11-5-4-6-14-12(11)8-17/h11-12,14H,4-8H2,1-3H3/t11-,12+/m0/s1. The van der Waals surface area contributed by atoms with Gasteiger partial charge in [0.05, 0.1) is 11.4 Å². The molecule has 2 aliphatic rings. The van der Waals surface area contributed by atoms with Crippen LogP contribution >= 0.6 is 0 Å². The minimum atomic E-state index is -3.43. The van der Waals surface area contributed by atoms with Crippen molar-refractivity contribution in [3.8, 4) is 0 Å². The van der Waals surface area contributed by atoms with Crippen molar-refractivity contribution in [1.82, 2.24) is 19.4 Å². The van der Waals surface area contributed by atoms with Crippen molar-refractivity contribution in [1.29, 1.82) is 0 Å². The zero-order chi connectivity index (χ0) is 14.5. The third-order valence-electron chi connectivity index (χ3n) is 4.61. The van der Waals surface area contributed by atoms with Crippen LogP contribution in [0, 0.1) is 19.8 Å². The maximum atomic E-state index is 12.9. The molecule has 2 saturated heterocycles. The first-order chi connectivity index (χ1) is 9.41. The van der Waals surface area contributed by atoms with Crippen LogP contribution in [0.2, 0.25) is 0 Å². The SMILES string of the molecule is Cc1nn(C)c(C)c1S(=O)(=O)N1C[C@@H]2CCCN[C@@H]2C1. The van der Waals surface area contributed by atoms with Crippen LogP contribution in [0.3, 0.4) is 0 Å². The van der Waals surface area contributed by atoms with Crippen molar-refractivity contribution < 1.29 is 8.42 Å². The fraction of sp³-hybridized carbons (Fsp3) is 0.769. The van der Waals surface area contributed by atoms with Crippen LogP contribution in [-0.4, -0.2) is 48.2 Å². The maximum absolute atomic E-state index is 12.9. The Kier molecular flexibility index (Phi) is 3.38. The summed E-state index contributed by atoms with van der Waals surface area (Å²) in [5.41, 5.74) is 1.30. The van der Waals surface area contributed by atoms with E-state index in [4.69, 9.17) is 0 Å². The molecule has 0 spiro atoms. The summed E-state index contributed by atoms with van der Waals surface area (Å²) in [6.07, 6.45) is 2.26. The van der Waals surface area contributed by atoms with Gasteiger partial charge in [0, 0.05) is 26.2 Å². The van der Waals surface area contributed by atoms with E-state index in [1.54, 1.807) is 23.0 Å². The van der Waals surface area contributed by atoms with Crippen LogP contribution in [0.4, 0.5) is 0 Å². The van der Waals surface area contributed by atoms with Crippen molar-refractivity contribution in [2.75, 3.05) is 19.6 Å². The molecule has 2 atom stereocenters. The number of hydrogen-bond acceptors (Lipinski definition) is 4. The van der Waals surface area contributed by atoms with E-state index >= 15 is 0 Å². The fourth-order valence-corrected chi connectivity index (χ4v) is 5.38. The Balaban J connectivity index is 1.93. The maximum Gasteiger partial charge on any atom is 0.246 e. The number of nitrogens with zero attached hydrogens (tertiary/aromatic N) is 3. The smallest absolute Gasteiger partial charge is 0.246 e. The Bertz CT molecular complexity index is 609. The lowest BCUT2D eigenvalue weighted by Crippen LogP contribution is -2.41. The number of aromatic nitrogens is 2. The normalized spacial score (nSPS) is 27.8. The Morgan fingerprint density at radius 1 is 1.30 bits per heavy atom. The van der Waals surface area contributed by atoms with Crippen LogP contribution in [0.1, 0.15) is 24.2 Å². The zero-order valence-corrected chi connectivity index (χ0v) is 13.1. The van der Waals surface area contributed by atoms with Gasteiger partial charge in [-0.1, -0.05) is 0 Å². The van der Waals surface area contributed by atoms with Crippen LogP contribution in [0.15, 0.2) is 4.90 Å². The second-order valence-electron chi connectivity index (χ2n) is 5.91. The molecule has 0 bridgehead atoms. The number of nitrogens with one attached hydrogen (secondary N) is 1. The van der Waals surface area contributed by atoms with E-state index < -0.39 is 10.0 Å². The molecule has 0 radical (unpaired) electrons. The highest BCUT2D eigenvalue weighted by atomic mass is 32.2. The average Bonchev–Trinajstić information content (AvgIpc) is 2.92. The fourth-order valence-electron chi connectivity index (χ4n) is 3.46. The van der Waals surface area contributed by atoms with Gasteiger partial charge in [-0.3, -0.25) is 4.68 Å². The lowest BCUT2D eigenvalue weighted by Gasteiger charge is -2.24. The van der Waals surface area contributed by atoms with Gasteiger partial charge in [-0.15, -0.1) is 0 Å². The molecule has 2 fully saturated rings. The van der Waals surface area contributed by atoms with Gasteiger partial charge in [-0.25, -0.2) is 8.42 Å². The number of fused-ring (bicyclic) bond motifs is 1. The van der Waals surface area contributed by atoms with E-state index in [2.05, 4.69) is 10.4 Å². The predicted molar refractivity (Wildman–Crippen MR) is 76.0 cm³/mol. The summed E-state index contributed by atoms with van der Waals surface area (Å²) < 4.78 is 29.0. The van der Waals surface area contributed by atoms with Crippen molar-refractivity contribution in [2.45, 2.75) is 37.6 Å². The summed E-state index contributed by atoms with van der Waals surface area (Å²) in [7, 11) is -1.64. The van der Waals surface area contributed by atoms with Crippen molar-refractivity contribution in [2.24, 2.45) is 13.0 Å². The van der Waals surface area contributed by atoms with E-state index in [9.17, 15) is 8.42 Å². The number of aryl methyl sites for hydroxylation is 2. The van der Waals surface area contributed by atoms with E-state index in [1.165, 1.54) is 0 Å². The largest absolute Gasteiger partial charge is 0.312 e. The molecule has 2 aliphatic heterocycles. The highest BCUT2D eigenvalue weighted by Gasteiger charge is 2.41. The Hall–Kier alpha value is -0.920. The van der Waals surface area contributed by atoms with Crippen LogP contribution in [0.5, 0.6) is 0 Å². The first-order valence-corrected chi connectivity index (χ1v) is 8.59. The van der Waals surface area contributed by atoms with Gasteiger partial charge >= 0.3 is 0 Å². The lowest BCUT2D eigenvalue weighted by molar-refractivity contribution is 0.339. The molecule has 1 aromatic heterocycles. The Morgan fingerprint density at radius 3 is 2.65 bits per heavy atom. The van der Waals surface area contributed by atoms with E-state index in [0.29, 0.717) is 41.3 Å². The molecule has 1 aromatic rings. The Labute approximate surface area is 120 Å². The van der Waals surface area contributed by atoms with Crippen molar-refractivity contribution in [3.63, 3.8) is 0 Å². The monoisotopic (exact) mass is 298 g/mol. The number of piperidine rings is 1. The van der Waals surface area contributed by atoms with Gasteiger partial charge in [0.2, 0.25) is 10.0 Å². The molecule has 20 heavy (non-hydrogen) atoms. The molecule has 0 aliphatic carbocycles. The molecule has 7 heteroatoms. The zero-order valence-electron chi connectivity index (χ0n) is 12.3. The molecule has 112 valence electrons. The molecule has 1 N–H and O–H groups in total. The van der Waals surface area contributed by atoms with E-state index in [0.717, 1.165) is 19.4 Å². The molecule has 0 unspecified atom stereocenters. The minimum absolute atomic E-state index is 0.316. The average molecular weight is 298 g/mol. The van der Waals surface area contributed by atoms with E-state index in [1.807, 2.05) is 6.92 Å². The number of rotatable bonds is 2. The molecular weight excluding hydrogens is 276 g/mol. The highest BCUT2D eigenvalue weighted by Crippen LogP contribution is 2.31. The summed E-state index contributed by atoms with van der Waals surface area (Å²) >= 11 is 0. The highest BCUT2D eigenvalue weighted by molar-refractivity contribution is 7.89. The third-order valence-corrected chi connectivity index (χ3v) is 6.69. The molecule has 0 saturated carbocycles. The summed E-state index contributed by atoms with van der Waals surface area (Å²) in [5, 5.41) is 7.68. The number of sulfonamides is 1. The summed E-state index contributed by atoms with van der Waals surface area (Å²) in [5.74, 6) is 0.454. The van der Waals surface area contributed by atoms with Gasteiger partial charge in [0.15, 0.2) is 0 Å². The second kappa shape index (κ2) is 4.82. The second-order valence-corrected chi connectivity index (χ2v) is 7.78. The van der Waals surface area contributed by atoms with Gasteiger partial charge < -0.3 is 5.32 Å². The lowest BCUT2D eigenvalue weighted by atomic mass is 9.94. The summed E-state index contributed by atoms with van der Waals surface area (Å²) in [6, 6.07) is 0.316. The van der Waals surface area contributed by atoms with Gasteiger partial charge in [-0.2, -0.15) is 9.40 Å². The Morgan fingerprint density at radius 2 is 2.05 bits per heavy atom. The quantitative estimate of drug-likeness (QED) is 0.859. The van der Waals surface area contributed by atoms with Crippen LogP contribution in [-0.2, 0) is 17.1 Å². The molecule has 6 nitrogen and oxygen atoms in total. The molecule has 0 aromatic carbocycles. The van der Waals surface area contributed by atoms with Crippen LogP contribution in [0.25, 0.3) is 0 Å². The summed E-state index contributed by atoms with van der Waals surface area (Å²) in [6.45, 7) is 5.80. The van der Waals surface area contributed by atoms with Crippen LogP contribution < -0.4 is 5.32 Å². The van der Waals surface area contributed by atoms with E-state index in [-0.39, 0.29) is 0 Å². The molecule has 3 heterocycles. The third kappa shape index (κ3) is 2.08. The predicted octanol–water partition coefficient (Wildman–Crippen LogP) is 0.409. The van der Waals surface area contributed by atoms with Crippen molar-refractivity contribution >= 4 is 10.0 Å². The first-order valence-electron chi connectivity index (χ1n) is 7.15. The van der Waals surface area contributed by atoms with Gasteiger partial charge in [0.1, 0.15) is 4.90 Å². The summed E-state index contributed by atoms with van der Waals surface area (Å²) in [4.78, 5) is 0.388. The molecular formula is C13H22N4O2S. The minimum Gasteiger partial charge on any atom is -0.312 e. The first kappa shape index (κ1) is 14.0. The van der Waals surface area contributed by atoms with Gasteiger partial charge in [-0.05, 0) is 39.2 Å².